The fourth-order valence-electron chi connectivity index (χ4n) is 4.78. The van der Waals surface area contributed by atoms with E-state index >= 15 is 0 Å². The maximum absolute atomic E-state index is 11.4. The molecule has 0 radical (unpaired) electrons. The molecule has 0 atom stereocenters. The fraction of sp³-hybridized carbons (Fsp3) is 0.0645. The third-order valence-electron chi connectivity index (χ3n) is 6.68. The molecule has 4 aromatic carbocycles. The van der Waals surface area contributed by atoms with Gasteiger partial charge in [0.1, 0.15) is 5.75 Å². The van der Waals surface area contributed by atoms with Crippen LogP contribution in [-0.4, -0.2) is 27.3 Å². The van der Waals surface area contributed by atoms with E-state index in [1.807, 2.05) is 18.2 Å². The minimum absolute atomic E-state index is 0.304. The molecule has 2 heterocycles. The van der Waals surface area contributed by atoms with Gasteiger partial charge in [-0.15, -0.1) is 0 Å². The highest BCUT2D eigenvalue weighted by Gasteiger charge is 2.10. The topological polar surface area (TPSA) is 56.4 Å². The highest BCUT2D eigenvalue weighted by atomic mass is 16.5. The van der Waals surface area contributed by atoms with Crippen LogP contribution in [0.4, 0.5) is 0 Å². The van der Waals surface area contributed by atoms with Crippen molar-refractivity contribution in [3.05, 3.63) is 121 Å². The number of aromatic nitrogens is 2. The smallest absolute Gasteiger partial charge is 0.335 e. The summed E-state index contributed by atoms with van der Waals surface area (Å²) in [6.07, 6.45) is 4.15. The van der Waals surface area contributed by atoms with Crippen molar-refractivity contribution in [2.75, 3.05) is 7.11 Å². The van der Waals surface area contributed by atoms with Crippen LogP contribution in [-0.2, 0) is 6.54 Å². The van der Waals surface area contributed by atoms with Crippen molar-refractivity contribution in [2.24, 2.45) is 0 Å². The number of carboxylic acids is 1. The van der Waals surface area contributed by atoms with Crippen molar-refractivity contribution in [3.8, 4) is 22.6 Å². The van der Waals surface area contributed by atoms with Crippen LogP contribution >= 0.6 is 0 Å². The standard InChI is InChI=1S/C31H24N2O3/c1-36-28-11-9-27(10-12-28)33-16-14-23-6-8-25(19-30(23)33)24-7-5-22-13-15-32(29(22)18-24)20-21-3-2-4-26(17-21)31(34)35/h2-19H,20H2,1H3,(H,34,35). The lowest BCUT2D eigenvalue weighted by Gasteiger charge is -2.10. The van der Waals surface area contributed by atoms with Crippen LogP contribution in [0.5, 0.6) is 5.75 Å². The lowest BCUT2D eigenvalue weighted by Crippen LogP contribution is -2.01. The van der Waals surface area contributed by atoms with E-state index in [0.717, 1.165) is 44.5 Å². The molecule has 6 rings (SSSR count). The van der Waals surface area contributed by atoms with Gasteiger partial charge in [-0.25, -0.2) is 4.79 Å². The molecule has 0 aliphatic carbocycles. The van der Waals surface area contributed by atoms with Gasteiger partial charge < -0.3 is 19.0 Å². The Morgan fingerprint density at radius 1 is 0.778 bits per heavy atom. The van der Waals surface area contributed by atoms with Gasteiger partial charge in [0.2, 0.25) is 0 Å². The van der Waals surface area contributed by atoms with E-state index < -0.39 is 5.97 Å². The molecule has 36 heavy (non-hydrogen) atoms. The highest BCUT2D eigenvalue weighted by Crippen LogP contribution is 2.30. The van der Waals surface area contributed by atoms with Gasteiger partial charge >= 0.3 is 5.97 Å². The molecule has 1 N–H and O–H groups in total. The van der Waals surface area contributed by atoms with Crippen LogP contribution in [0.3, 0.4) is 0 Å². The Bertz CT molecular complexity index is 1720. The van der Waals surface area contributed by atoms with Gasteiger partial charge in [-0.1, -0.05) is 36.4 Å². The van der Waals surface area contributed by atoms with Crippen LogP contribution in [0.25, 0.3) is 38.6 Å². The molecule has 2 aromatic heterocycles. The SMILES string of the molecule is COc1ccc(-n2ccc3ccc(-c4ccc5ccn(Cc6cccc(C(=O)O)c6)c5c4)cc32)cc1. The number of hydrogen-bond donors (Lipinski definition) is 1. The first-order valence-corrected chi connectivity index (χ1v) is 11.8. The van der Waals surface area contributed by atoms with Gasteiger partial charge in [0, 0.05) is 30.1 Å². The van der Waals surface area contributed by atoms with Crippen LogP contribution in [0.2, 0.25) is 0 Å². The van der Waals surface area contributed by atoms with E-state index in [1.165, 1.54) is 5.39 Å². The zero-order valence-corrected chi connectivity index (χ0v) is 19.8. The number of nitrogens with zero attached hydrogens (tertiary/aromatic N) is 2. The predicted octanol–water partition coefficient (Wildman–Crippen LogP) is 7.01. The van der Waals surface area contributed by atoms with E-state index in [4.69, 9.17) is 4.74 Å². The van der Waals surface area contributed by atoms with Crippen molar-refractivity contribution >= 4 is 27.8 Å². The lowest BCUT2D eigenvalue weighted by atomic mass is 10.0. The molecule has 0 spiro atoms. The van der Waals surface area contributed by atoms with Gasteiger partial charge in [-0.3, -0.25) is 0 Å². The Labute approximate surface area is 208 Å². The minimum atomic E-state index is -0.911. The number of methoxy groups -OCH3 is 1. The summed E-state index contributed by atoms with van der Waals surface area (Å²) in [6.45, 7) is 0.605. The molecule has 0 saturated carbocycles. The summed E-state index contributed by atoms with van der Waals surface area (Å²) in [5.74, 6) is -0.0758. The number of carbonyl (C=O) groups is 1. The van der Waals surface area contributed by atoms with Crippen LogP contribution in [0.15, 0.2) is 109 Å². The zero-order chi connectivity index (χ0) is 24.6. The fourth-order valence-corrected chi connectivity index (χ4v) is 4.78. The molecule has 6 aromatic rings. The van der Waals surface area contributed by atoms with E-state index in [-0.39, 0.29) is 0 Å². The van der Waals surface area contributed by atoms with E-state index in [1.54, 1.807) is 25.3 Å². The van der Waals surface area contributed by atoms with Crippen molar-refractivity contribution in [3.63, 3.8) is 0 Å². The Morgan fingerprint density at radius 2 is 1.47 bits per heavy atom. The van der Waals surface area contributed by atoms with Crippen molar-refractivity contribution in [1.82, 2.24) is 9.13 Å². The van der Waals surface area contributed by atoms with Crippen LogP contribution < -0.4 is 4.74 Å². The maximum atomic E-state index is 11.4. The number of ether oxygens (including phenoxy) is 1. The van der Waals surface area contributed by atoms with E-state index in [2.05, 4.69) is 82.2 Å². The highest BCUT2D eigenvalue weighted by molar-refractivity contribution is 5.90. The Hall–Kier alpha value is -4.77. The van der Waals surface area contributed by atoms with Gasteiger partial charge in [0.15, 0.2) is 0 Å². The minimum Gasteiger partial charge on any atom is -0.497 e. The first kappa shape index (κ1) is 21.7. The molecule has 0 amide bonds. The Balaban J connectivity index is 1.38. The second-order valence-corrected chi connectivity index (χ2v) is 8.88. The van der Waals surface area contributed by atoms with Gasteiger partial charge in [0.05, 0.1) is 18.2 Å². The quantitative estimate of drug-likeness (QED) is 0.284. The third-order valence-corrected chi connectivity index (χ3v) is 6.68. The third kappa shape index (κ3) is 3.91. The summed E-state index contributed by atoms with van der Waals surface area (Å²) in [5, 5.41) is 11.7. The van der Waals surface area contributed by atoms with Crippen LogP contribution in [0.1, 0.15) is 15.9 Å². The van der Waals surface area contributed by atoms with E-state index in [0.29, 0.717) is 12.1 Å². The lowest BCUT2D eigenvalue weighted by molar-refractivity contribution is 0.0696. The summed E-state index contributed by atoms with van der Waals surface area (Å²) >= 11 is 0. The number of fused-ring (bicyclic) bond motifs is 2. The summed E-state index contributed by atoms with van der Waals surface area (Å²) in [6, 6.07) is 32.4. The van der Waals surface area contributed by atoms with Gasteiger partial charge in [-0.05, 0) is 88.1 Å². The molecule has 176 valence electrons. The van der Waals surface area contributed by atoms with Crippen molar-refractivity contribution < 1.29 is 14.6 Å². The number of hydrogen-bond acceptors (Lipinski definition) is 2. The van der Waals surface area contributed by atoms with Crippen molar-refractivity contribution in [1.29, 1.82) is 0 Å². The number of aromatic carboxylic acids is 1. The molecule has 0 fully saturated rings. The largest absolute Gasteiger partial charge is 0.497 e. The monoisotopic (exact) mass is 472 g/mol. The first-order chi connectivity index (χ1) is 17.6. The number of benzene rings is 4. The second kappa shape index (κ2) is 8.78. The molecular formula is C31H24N2O3. The summed E-state index contributed by atoms with van der Waals surface area (Å²) in [4.78, 5) is 11.4. The summed E-state index contributed by atoms with van der Waals surface area (Å²) in [5.41, 5.74) is 6.85. The molecule has 0 aliphatic rings. The Morgan fingerprint density at radius 3 is 2.19 bits per heavy atom. The molecule has 0 aliphatic heterocycles. The average molecular weight is 473 g/mol. The average Bonchev–Trinajstić information content (AvgIpc) is 3.52. The van der Waals surface area contributed by atoms with Gasteiger partial charge in [-0.2, -0.15) is 0 Å². The Kier molecular flexibility index (Phi) is 5.30. The molecular weight excluding hydrogens is 448 g/mol. The summed E-state index contributed by atoms with van der Waals surface area (Å²) < 4.78 is 9.66. The van der Waals surface area contributed by atoms with Gasteiger partial charge in [0.25, 0.3) is 0 Å². The van der Waals surface area contributed by atoms with Crippen molar-refractivity contribution in [2.45, 2.75) is 6.54 Å². The molecule has 5 nitrogen and oxygen atoms in total. The number of carboxylic acid groups (broad SMARTS) is 1. The molecule has 0 bridgehead atoms. The zero-order valence-electron chi connectivity index (χ0n) is 19.8. The predicted molar refractivity (Wildman–Crippen MR) is 143 cm³/mol. The number of rotatable bonds is 6. The second-order valence-electron chi connectivity index (χ2n) is 8.88. The molecule has 5 heteroatoms. The summed E-state index contributed by atoms with van der Waals surface area (Å²) in [7, 11) is 1.67. The first-order valence-electron chi connectivity index (χ1n) is 11.8. The molecule has 0 unspecified atom stereocenters. The van der Waals surface area contributed by atoms with Crippen LogP contribution in [0, 0.1) is 0 Å². The maximum Gasteiger partial charge on any atom is 0.335 e. The van der Waals surface area contributed by atoms with E-state index in [9.17, 15) is 9.90 Å². The molecule has 0 saturated heterocycles. The normalized spacial score (nSPS) is 11.2.